The van der Waals surface area contributed by atoms with Gasteiger partial charge in [-0.2, -0.15) is 0 Å². The Bertz CT molecular complexity index is 689. The van der Waals surface area contributed by atoms with E-state index in [1.165, 1.54) is 18.2 Å². The molecular formula is C14H11BrFN3O2. The summed E-state index contributed by atoms with van der Waals surface area (Å²) in [6.07, 6.45) is 0. The van der Waals surface area contributed by atoms with Crippen molar-refractivity contribution in [2.45, 2.75) is 0 Å². The number of primary amides is 1. The Balaban J connectivity index is 2.08. The zero-order valence-electron chi connectivity index (χ0n) is 10.7. The fourth-order valence-corrected chi connectivity index (χ4v) is 2.00. The van der Waals surface area contributed by atoms with Crippen LogP contribution in [0.5, 0.6) is 0 Å². The van der Waals surface area contributed by atoms with E-state index in [9.17, 15) is 14.0 Å². The molecular weight excluding hydrogens is 341 g/mol. The van der Waals surface area contributed by atoms with Gasteiger partial charge < -0.3 is 16.4 Å². The maximum absolute atomic E-state index is 13.1. The number of nitrogens with two attached hydrogens (primary N) is 1. The van der Waals surface area contributed by atoms with Crippen molar-refractivity contribution in [1.82, 2.24) is 0 Å². The van der Waals surface area contributed by atoms with Crippen molar-refractivity contribution in [2.24, 2.45) is 5.73 Å². The van der Waals surface area contributed by atoms with Crippen molar-refractivity contribution in [1.29, 1.82) is 0 Å². The minimum Gasteiger partial charge on any atom is -0.351 e. The second-order valence-electron chi connectivity index (χ2n) is 4.15. The van der Waals surface area contributed by atoms with Gasteiger partial charge in [0.05, 0.1) is 4.47 Å². The fourth-order valence-electron chi connectivity index (χ4n) is 1.62. The van der Waals surface area contributed by atoms with Crippen molar-refractivity contribution in [3.8, 4) is 0 Å². The third kappa shape index (κ3) is 4.03. The van der Waals surface area contributed by atoms with Crippen LogP contribution in [-0.4, -0.2) is 11.9 Å². The highest BCUT2D eigenvalue weighted by Gasteiger charge is 2.09. The van der Waals surface area contributed by atoms with E-state index in [4.69, 9.17) is 5.73 Å². The van der Waals surface area contributed by atoms with Crippen molar-refractivity contribution in [3.05, 3.63) is 58.3 Å². The second kappa shape index (κ2) is 6.36. The van der Waals surface area contributed by atoms with Crippen LogP contribution in [0.2, 0.25) is 0 Å². The van der Waals surface area contributed by atoms with Crippen molar-refractivity contribution in [3.63, 3.8) is 0 Å². The molecule has 0 saturated heterocycles. The molecule has 3 amide bonds. The van der Waals surface area contributed by atoms with E-state index in [2.05, 4.69) is 26.6 Å². The van der Waals surface area contributed by atoms with Gasteiger partial charge in [-0.3, -0.25) is 4.79 Å². The molecule has 108 valence electrons. The largest absolute Gasteiger partial charge is 0.351 e. The Kier molecular flexibility index (Phi) is 4.54. The number of anilines is 2. The van der Waals surface area contributed by atoms with Crippen LogP contribution in [0, 0.1) is 5.82 Å². The van der Waals surface area contributed by atoms with Gasteiger partial charge in [-0.25, -0.2) is 9.18 Å². The van der Waals surface area contributed by atoms with E-state index in [1.807, 2.05) is 0 Å². The molecule has 2 aromatic carbocycles. The van der Waals surface area contributed by atoms with Crippen LogP contribution in [0.1, 0.15) is 10.4 Å². The maximum atomic E-state index is 13.1. The van der Waals surface area contributed by atoms with Gasteiger partial charge in [-0.1, -0.05) is 0 Å². The van der Waals surface area contributed by atoms with E-state index >= 15 is 0 Å². The number of rotatable bonds is 3. The third-order valence-electron chi connectivity index (χ3n) is 2.59. The van der Waals surface area contributed by atoms with Crippen LogP contribution >= 0.6 is 15.9 Å². The monoisotopic (exact) mass is 351 g/mol. The Labute approximate surface area is 128 Å². The Hall–Kier alpha value is -2.41. The van der Waals surface area contributed by atoms with Crippen LogP contribution in [0.15, 0.2) is 46.9 Å². The SMILES string of the molecule is NC(=O)Nc1ccc(NC(=O)c2ccc(F)c(Br)c2)cc1. The van der Waals surface area contributed by atoms with Crippen LogP contribution in [0.4, 0.5) is 20.6 Å². The van der Waals surface area contributed by atoms with E-state index < -0.39 is 11.8 Å². The summed E-state index contributed by atoms with van der Waals surface area (Å²) in [7, 11) is 0. The summed E-state index contributed by atoms with van der Waals surface area (Å²) in [6, 6.07) is 9.75. The molecule has 0 aromatic heterocycles. The first-order valence-electron chi connectivity index (χ1n) is 5.88. The lowest BCUT2D eigenvalue weighted by molar-refractivity contribution is 0.102. The number of carbonyl (C=O) groups excluding carboxylic acids is 2. The normalized spacial score (nSPS) is 10.0. The lowest BCUT2D eigenvalue weighted by Gasteiger charge is -2.07. The molecule has 0 aliphatic heterocycles. The number of hydrogen-bond acceptors (Lipinski definition) is 2. The van der Waals surface area contributed by atoms with Gasteiger partial charge in [0, 0.05) is 16.9 Å². The molecule has 0 aliphatic carbocycles. The molecule has 0 heterocycles. The minimum atomic E-state index is -0.664. The van der Waals surface area contributed by atoms with Gasteiger partial charge in [0.25, 0.3) is 5.91 Å². The Morgan fingerprint density at radius 3 is 2.10 bits per heavy atom. The van der Waals surface area contributed by atoms with E-state index in [0.29, 0.717) is 16.9 Å². The number of urea groups is 1. The maximum Gasteiger partial charge on any atom is 0.316 e. The molecule has 0 unspecified atom stereocenters. The molecule has 4 N–H and O–H groups in total. The first-order valence-corrected chi connectivity index (χ1v) is 6.68. The van der Waals surface area contributed by atoms with Crippen molar-refractivity contribution < 1.29 is 14.0 Å². The lowest BCUT2D eigenvalue weighted by atomic mass is 10.2. The highest BCUT2D eigenvalue weighted by atomic mass is 79.9. The predicted octanol–water partition coefficient (Wildman–Crippen LogP) is 3.33. The quantitative estimate of drug-likeness (QED) is 0.792. The number of amides is 3. The zero-order chi connectivity index (χ0) is 15.4. The summed E-state index contributed by atoms with van der Waals surface area (Å²) in [4.78, 5) is 22.7. The smallest absolute Gasteiger partial charge is 0.316 e. The molecule has 0 radical (unpaired) electrons. The molecule has 0 bridgehead atoms. The number of benzene rings is 2. The second-order valence-corrected chi connectivity index (χ2v) is 5.00. The van der Waals surface area contributed by atoms with Crippen LogP contribution < -0.4 is 16.4 Å². The zero-order valence-corrected chi connectivity index (χ0v) is 12.3. The summed E-state index contributed by atoms with van der Waals surface area (Å²) in [5.41, 5.74) is 6.37. The molecule has 7 heteroatoms. The lowest BCUT2D eigenvalue weighted by Crippen LogP contribution is -2.19. The standard InChI is InChI=1S/C14H11BrFN3O2/c15-11-7-8(1-6-12(11)16)13(20)18-9-2-4-10(5-3-9)19-14(17)21/h1-7H,(H,18,20)(H3,17,19,21). The number of carbonyl (C=O) groups is 2. The van der Waals surface area contributed by atoms with E-state index in [0.717, 1.165) is 0 Å². The molecule has 0 saturated carbocycles. The van der Waals surface area contributed by atoms with Gasteiger partial charge >= 0.3 is 6.03 Å². The predicted molar refractivity (Wildman–Crippen MR) is 81.7 cm³/mol. The van der Waals surface area contributed by atoms with Crippen LogP contribution in [0.25, 0.3) is 0 Å². The summed E-state index contributed by atoms with van der Waals surface area (Å²) < 4.78 is 13.3. The number of nitrogens with one attached hydrogen (secondary N) is 2. The molecule has 2 rings (SSSR count). The average Bonchev–Trinajstić information content (AvgIpc) is 2.43. The summed E-state index contributed by atoms with van der Waals surface area (Å²) >= 11 is 3.03. The topological polar surface area (TPSA) is 84.2 Å². The Morgan fingerprint density at radius 1 is 1.00 bits per heavy atom. The molecule has 0 aliphatic rings. The molecule has 0 fully saturated rings. The van der Waals surface area contributed by atoms with Gasteiger partial charge in [0.15, 0.2) is 0 Å². The van der Waals surface area contributed by atoms with E-state index in [-0.39, 0.29) is 10.4 Å². The average molecular weight is 352 g/mol. The number of hydrogen-bond donors (Lipinski definition) is 3. The number of halogens is 2. The molecule has 21 heavy (non-hydrogen) atoms. The first kappa shape index (κ1) is 15.0. The van der Waals surface area contributed by atoms with Crippen LogP contribution in [0.3, 0.4) is 0 Å². The summed E-state index contributed by atoms with van der Waals surface area (Å²) in [6.45, 7) is 0. The highest BCUT2D eigenvalue weighted by molar-refractivity contribution is 9.10. The van der Waals surface area contributed by atoms with Gasteiger partial charge in [0.2, 0.25) is 0 Å². The summed E-state index contributed by atoms with van der Waals surface area (Å²) in [5.74, 6) is -0.806. The van der Waals surface area contributed by atoms with E-state index in [1.54, 1.807) is 24.3 Å². The molecule has 5 nitrogen and oxygen atoms in total. The summed E-state index contributed by atoms with van der Waals surface area (Å²) in [5, 5.41) is 5.07. The first-order chi connectivity index (χ1) is 9.95. The van der Waals surface area contributed by atoms with Gasteiger partial charge in [0.1, 0.15) is 5.82 Å². The highest BCUT2D eigenvalue weighted by Crippen LogP contribution is 2.19. The van der Waals surface area contributed by atoms with Gasteiger partial charge in [-0.05, 0) is 58.4 Å². The Morgan fingerprint density at radius 2 is 1.57 bits per heavy atom. The van der Waals surface area contributed by atoms with Crippen LogP contribution in [-0.2, 0) is 0 Å². The molecule has 0 atom stereocenters. The fraction of sp³-hybridized carbons (Fsp3) is 0. The third-order valence-corrected chi connectivity index (χ3v) is 3.20. The van der Waals surface area contributed by atoms with Gasteiger partial charge in [-0.15, -0.1) is 0 Å². The minimum absolute atomic E-state index is 0.219. The van der Waals surface area contributed by atoms with Crippen molar-refractivity contribution in [2.75, 3.05) is 10.6 Å². The molecule has 0 spiro atoms. The molecule has 2 aromatic rings. The van der Waals surface area contributed by atoms with Crippen molar-refractivity contribution >= 4 is 39.2 Å².